The topological polar surface area (TPSA) is 63.6 Å². The Morgan fingerprint density at radius 1 is 1.43 bits per heavy atom. The lowest BCUT2D eigenvalue weighted by atomic mass is 10.4. The predicted molar refractivity (Wildman–Crippen MR) is 83.8 cm³/mol. The Morgan fingerprint density at radius 3 is 2.57 bits per heavy atom. The Labute approximate surface area is 128 Å². The number of hydrogen-bond acceptors (Lipinski definition) is 4. The molecule has 0 saturated heterocycles. The molecule has 0 bridgehead atoms. The lowest BCUT2D eigenvalue weighted by Crippen LogP contribution is -2.40. The number of aryl methyl sites for hydroxylation is 1. The summed E-state index contributed by atoms with van der Waals surface area (Å²) in [4.78, 5) is 0.347. The molecule has 122 valence electrons. The molecule has 0 amide bonds. The molecule has 1 aromatic heterocycles. The Morgan fingerprint density at radius 2 is 2.10 bits per heavy atom. The van der Waals surface area contributed by atoms with Gasteiger partial charge < -0.3 is 14.6 Å². The zero-order chi connectivity index (χ0) is 16.0. The molecule has 0 saturated carbocycles. The molecule has 0 spiro atoms. The van der Waals surface area contributed by atoms with Gasteiger partial charge in [-0.3, -0.25) is 0 Å². The second-order valence-corrected chi connectivity index (χ2v) is 6.89. The van der Waals surface area contributed by atoms with Crippen LogP contribution in [0, 0.1) is 0 Å². The van der Waals surface area contributed by atoms with Gasteiger partial charge in [0.15, 0.2) is 0 Å². The summed E-state index contributed by atoms with van der Waals surface area (Å²) in [5.41, 5.74) is 0.967. The van der Waals surface area contributed by atoms with E-state index in [1.165, 1.54) is 4.31 Å². The summed E-state index contributed by atoms with van der Waals surface area (Å²) in [5, 5.41) is 3.06. The van der Waals surface area contributed by atoms with Crippen LogP contribution in [-0.2, 0) is 27.8 Å². The number of rotatable bonds is 9. The van der Waals surface area contributed by atoms with Crippen LogP contribution in [0.5, 0.6) is 0 Å². The monoisotopic (exact) mass is 317 g/mol. The quantitative estimate of drug-likeness (QED) is 0.745. The van der Waals surface area contributed by atoms with Crippen molar-refractivity contribution in [3.8, 4) is 0 Å². The molecule has 7 heteroatoms. The van der Waals surface area contributed by atoms with E-state index in [0.717, 1.165) is 12.2 Å². The van der Waals surface area contributed by atoms with Crippen LogP contribution in [0.3, 0.4) is 0 Å². The molecule has 0 aromatic carbocycles. The number of ether oxygens (including phenoxy) is 1. The highest BCUT2D eigenvalue weighted by Crippen LogP contribution is 2.21. The average Bonchev–Trinajstić information content (AvgIpc) is 2.84. The second-order valence-electron chi connectivity index (χ2n) is 5.00. The summed E-state index contributed by atoms with van der Waals surface area (Å²) in [6.45, 7) is 7.89. The lowest BCUT2D eigenvalue weighted by molar-refractivity contribution is 0.142. The van der Waals surface area contributed by atoms with Crippen molar-refractivity contribution < 1.29 is 13.2 Å². The Kier molecular flexibility index (Phi) is 6.86. The van der Waals surface area contributed by atoms with Gasteiger partial charge in [-0.05, 0) is 27.0 Å². The van der Waals surface area contributed by atoms with Gasteiger partial charge in [0.25, 0.3) is 0 Å². The van der Waals surface area contributed by atoms with E-state index < -0.39 is 10.0 Å². The molecule has 0 fully saturated rings. The van der Waals surface area contributed by atoms with Crippen molar-refractivity contribution in [3.05, 3.63) is 18.0 Å². The van der Waals surface area contributed by atoms with E-state index in [1.54, 1.807) is 19.4 Å². The first-order chi connectivity index (χ1) is 9.92. The maximum Gasteiger partial charge on any atom is 0.244 e. The number of aromatic nitrogens is 1. The van der Waals surface area contributed by atoms with Crippen molar-refractivity contribution in [2.24, 2.45) is 0 Å². The van der Waals surface area contributed by atoms with E-state index in [-0.39, 0.29) is 6.04 Å². The molecule has 1 atom stereocenters. The van der Waals surface area contributed by atoms with Crippen LogP contribution in [0.2, 0.25) is 0 Å². The first-order valence-electron chi connectivity index (χ1n) is 7.26. The minimum Gasteiger partial charge on any atom is -0.383 e. The fourth-order valence-electron chi connectivity index (χ4n) is 2.47. The molecule has 0 aliphatic rings. The van der Waals surface area contributed by atoms with Crippen LogP contribution in [0.25, 0.3) is 0 Å². The first-order valence-corrected chi connectivity index (χ1v) is 8.70. The van der Waals surface area contributed by atoms with E-state index >= 15 is 0 Å². The van der Waals surface area contributed by atoms with E-state index in [0.29, 0.717) is 24.6 Å². The zero-order valence-corrected chi connectivity index (χ0v) is 14.4. The number of likely N-dealkylation sites (N-methyl/N-ethyl adjacent to an activating group) is 1. The largest absolute Gasteiger partial charge is 0.383 e. The number of hydrogen-bond donors (Lipinski definition) is 1. The van der Waals surface area contributed by atoms with Crippen molar-refractivity contribution in [1.82, 2.24) is 14.2 Å². The summed E-state index contributed by atoms with van der Waals surface area (Å²) in [6.07, 6.45) is 1.71. The van der Waals surface area contributed by atoms with Crippen LogP contribution in [-0.4, -0.2) is 50.6 Å². The predicted octanol–water partition coefficient (Wildman–Crippen LogP) is 1.27. The second kappa shape index (κ2) is 7.93. The van der Waals surface area contributed by atoms with Gasteiger partial charge in [0.1, 0.15) is 4.90 Å². The standard InChI is InChI=1S/C14H27N3O3S/c1-6-16-10-14(8-13(16)9-15-4)21(18,19)17(7-2)12(3)11-20-5/h8,10,12,15H,6-7,9,11H2,1-5H3. The SMILES string of the molecule is CCN(C(C)COC)S(=O)(=O)c1cc(CNC)n(CC)c1. The highest BCUT2D eigenvalue weighted by molar-refractivity contribution is 7.89. The maximum absolute atomic E-state index is 12.8. The van der Waals surface area contributed by atoms with E-state index in [4.69, 9.17) is 4.74 Å². The molecule has 1 unspecified atom stereocenters. The fourth-order valence-corrected chi connectivity index (χ4v) is 4.16. The number of nitrogens with one attached hydrogen (secondary N) is 1. The summed E-state index contributed by atoms with van der Waals surface area (Å²) in [5.74, 6) is 0. The molecular formula is C14H27N3O3S. The smallest absolute Gasteiger partial charge is 0.244 e. The van der Waals surface area contributed by atoms with Crippen molar-refractivity contribution in [2.45, 2.75) is 44.8 Å². The molecule has 6 nitrogen and oxygen atoms in total. The van der Waals surface area contributed by atoms with Gasteiger partial charge in [-0.2, -0.15) is 4.31 Å². The van der Waals surface area contributed by atoms with Gasteiger partial charge >= 0.3 is 0 Å². The minimum absolute atomic E-state index is 0.192. The van der Waals surface area contributed by atoms with Gasteiger partial charge in [-0.25, -0.2) is 8.42 Å². The third-order valence-corrected chi connectivity index (χ3v) is 5.53. The summed E-state index contributed by atoms with van der Waals surface area (Å²) >= 11 is 0. The van der Waals surface area contributed by atoms with Crippen molar-refractivity contribution >= 4 is 10.0 Å². The van der Waals surface area contributed by atoms with Crippen LogP contribution in [0.1, 0.15) is 26.5 Å². The van der Waals surface area contributed by atoms with Gasteiger partial charge in [-0.15, -0.1) is 0 Å². The van der Waals surface area contributed by atoms with Crippen LogP contribution in [0.4, 0.5) is 0 Å². The zero-order valence-electron chi connectivity index (χ0n) is 13.6. The lowest BCUT2D eigenvalue weighted by Gasteiger charge is -2.26. The van der Waals surface area contributed by atoms with Crippen LogP contribution in [0.15, 0.2) is 17.2 Å². The highest BCUT2D eigenvalue weighted by atomic mass is 32.2. The highest BCUT2D eigenvalue weighted by Gasteiger charge is 2.29. The third kappa shape index (κ3) is 4.06. The molecule has 1 heterocycles. The van der Waals surface area contributed by atoms with Gasteiger partial charge in [-0.1, -0.05) is 6.92 Å². The van der Waals surface area contributed by atoms with Crippen LogP contribution < -0.4 is 5.32 Å². The first kappa shape index (κ1) is 18.2. The Bertz CT molecular complexity index is 540. The molecule has 1 aromatic rings. The summed E-state index contributed by atoms with van der Waals surface area (Å²) in [6, 6.07) is 1.56. The average molecular weight is 317 g/mol. The molecule has 0 aliphatic carbocycles. The van der Waals surface area contributed by atoms with E-state index in [9.17, 15) is 8.42 Å². The third-order valence-electron chi connectivity index (χ3n) is 3.48. The van der Waals surface area contributed by atoms with Gasteiger partial charge in [0.2, 0.25) is 10.0 Å². The minimum atomic E-state index is -3.50. The molecule has 1 rings (SSSR count). The van der Waals surface area contributed by atoms with Gasteiger partial charge in [0.05, 0.1) is 6.61 Å². The Balaban J connectivity index is 3.16. The number of nitrogens with zero attached hydrogens (tertiary/aromatic N) is 2. The molecule has 0 radical (unpaired) electrons. The molecule has 0 aliphatic heterocycles. The van der Waals surface area contributed by atoms with E-state index in [1.807, 2.05) is 32.4 Å². The van der Waals surface area contributed by atoms with Crippen molar-refractivity contribution in [1.29, 1.82) is 0 Å². The van der Waals surface area contributed by atoms with Gasteiger partial charge in [0, 0.05) is 44.7 Å². The van der Waals surface area contributed by atoms with E-state index in [2.05, 4.69) is 5.32 Å². The van der Waals surface area contributed by atoms with Crippen molar-refractivity contribution in [2.75, 3.05) is 27.3 Å². The number of sulfonamides is 1. The molecule has 21 heavy (non-hydrogen) atoms. The summed E-state index contributed by atoms with van der Waals surface area (Å²) in [7, 11) is -0.0716. The Hall–Kier alpha value is -0.890. The maximum atomic E-state index is 12.8. The fraction of sp³-hybridized carbons (Fsp3) is 0.714. The molecule has 1 N–H and O–H groups in total. The molecular weight excluding hydrogens is 290 g/mol. The van der Waals surface area contributed by atoms with Crippen LogP contribution >= 0.6 is 0 Å². The number of methoxy groups -OCH3 is 1. The van der Waals surface area contributed by atoms with Crippen molar-refractivity contribution in [3.63, 3.8) is 0 Å². The summed E-state index contributed by atoms with van der Waals surface area (Å²) < 4.78 is 34.1. The normalized spacial score (nSPS) is 13.8.